The van der Waals surface area contributed by atoms with E-state index in [9.17, 15) is 4.79 Å². The van der Waals surface area contributed by atoms with Gasteiger partial charge >= 0.3 is 0 Å². The van der Waals surface area contributed by atoms with E-state index in [0.29, 0.717) is 17.7 Å². The molecule has 0 heterocycles. The number of nitrogens with one attached hydrogen (secondary N) is 2. The number of hydrazine groups is 1. The van der Waals surface area contributed by atoms with Gasteiger partial charge in [0, 0.05) is 24.1 Å². The zero-order valence-electron chi connectivity index (χ0n) is 14.8. The Balaban J connectivity index is 2.24. The van der Waals surface area contributed by atoms with Gasteiger partial charge in [-0.2, -0.15) is 0 Å². The third kappa shape index (κ3) is 5.17. The lowest BCUT2D eigenvalue weighted by Crippen LogP contribution is -2.38. The number of carbonyl (C=O) groups excluding carboxylic acids is 1. The van der Waals surface area contributed by atoms with Crippen molar-refractivity contribution in [2.75, 3.05) is 0 Å². The summed E-state index contributed by atoms with van der Waals surface area (Å²) in [6.45, 7) is 3.77. The summed E-state index contributed by atoms with van der Waals surface area (Å²) < 4.78 is 20.7. The number of ether oxygens (including phenoxy) is 1. The molecule has 0 spiro atoms. The van der Waals surface area contributed by atoms with Crippen LogP contribution in [0.4, 0.5) is 4.39 Å². The van der Waals surface area contributed by atoms with Crippen molar-refractivity contribution in [3.05, 3.63) is 58.9 Å². The van der Waals surface area contributed by atoms with Crippen molar-refractivity contribution < 1.29 is 13.9 Å². The van der Waals surface area contributed by atoms with E-state index >= 15 is 4.39 Å². The lowest BCUT2D eigenvalue weighted by atomic mass is 10.0. The van der Waals surface area contributed by atoms with Crippen molar-refractivity contribution in [2.45, 2.75) is 38.8 Å². The fraction of sp³-hybridized carbons (Fsp3) is 0.316. The smallest absolute Gasteiger partial charge is 0.235 e. The number of para-hydroxylation sites is 1. The summed E-state index contributed by atoms with van der Waals surface area (Å²) in [5.74, 6) is 4.79. The van der Waals surface area contributed by atoms with Crippen LogP contribution >= 0.6 is 11.6 Å². The third-order valence-corrected chi connectivity index (χ3v) is 4.26. The molecule has 0 fully saturated rings. The molecule has 0 aliphatic carbocycles. The Labute approximate surface area is 157 Å². The number of hydrogen-bond acceptors (Lipinski definition) is 4. The van der Waals surface area contributed by atoms with Gasteiger partial charge in [0.15, 0.2) is 11.6 Å². The van der Waals surface area contributed by atoms with E-state index in [-0.39, 0.29) is 35.2 Å². The molecule has 2 atom stereocenters. The standard InChI is InChI=1S/C19H23ClFN3O2/c1-3-16(23-12(2)11-17(25)24-22)14-9-10-15(20)19(18(14)21)26-13-7-5-4-6-8-13/h4-10,12,16,23H,3,11,22H2,1-2H3,(H,24,25)/t12-,16+/m0/s1. The Morgan fingerprint density at radius 3 is 2.58 bits per heavy atom. The maximum atomic E-state index is 15.1. The number of nitrogens with two attached hydrogens (primary N) is 1. The second kappa shape index (κ2) is 9.52. The molecule has 0 aliphatic rings. The summed E-state index contributed by atoms with van der Waals surface area (Å²) in [5.41, 5.74) is 2.52. The predicted octanol–water partition coefficient (Wildman–Crippen LogP) is 4.08. The van der Waals surface area contributed by atoms with E-state index in [2.05, 4.69) is 10.7 Å². The van der Waals surface area contributed by atoms with Gasteiger partial charge in [0.2, 0.25) is 5.91 Å². The summed E-state index contributed by atoms with van der Waals surface area (Å²) in [6.07, 6.45) is 0.813. The highest BCUT2D eigenvalue weighted by atomic mass is 35.5. The first-order valence-electron chi connectivity index (χ1n) is 8.42. The van der Waals surface area contributed by atoms with Crippen LogP contribution in [0.3, 0.4) is 0 Å². The number of amides is 1. The van der Waals surface area contributed by atoms with E-state index in [1.165, 1.54) is 0 Å². The first kappa shape index (κ1) is 20.2. The van der Waals surface area contributed by atoms with E-state index < -0.39 is 5.82 Å². The van der Waals surface area contributed by atoms with Gasteiger partial charge in [-0.15, -0.1) is 0 Å². The van der Waals surface area contributed by atoms with Crippen molar-refractivity contribution >= 4 is 17.5 Å². The quantitative estimate of drug-likeness (QED) is 0.367. The minimum Gasteiger partial charge on any atom is -0.453 e. The van der Waals surface area contributed by atoms with Crippen molar-refractivity contribution in [3.63, 3.8) is 0 Å². The van der Waals surface area contributed by atoms with Gasteiger partial charge in [-0.05, 0) is 31.5 Å². The molecule has 140 valence electrons. The second-order valence-electron chi connectivity index (χ2n) is 6.00. The van der Waals surface area contributed by atoms with Crippen LogP contribution in [0, 0.1) is 5.82 Å². The molecular weight excluding hydrogens is 357 g/mol. The van der Waals surface area contributed by atoms with Gasteiger partial charge in [-0.1, -0.05) is 42.8 Å². The van der Waals surface area contributed by atoms with Crippen LogP contribution in [-0.4, -0.2) is 11.9 Å². The molecule has 0 bridgehead atoms. The fourth-order valence-corrected chi connectivity index (χ4v) is 2.87. The topological polar surface area (TPSA) is 76.4 Å². The summed E-state index contributed by atoms with van der Waals surface area (Å²) in [4.78, 5) is 11.4. The lowest BCUT2D eigenvalue weighted by molar-refractivity contribution is -0.121. The molecule has 0 aromatic heterocycles. The second-order valence-corrected chi connectivity index (χ2v) is 6.40. The summed E-state index contributed by atoms with van der Waals surface area (Å²) in [6, 6.07) is 11.7. The van der Waals surface area contributed by atoms with E-state index in [4.69, 9.17) is 22.2 Å². The van der Waals surface area contributed by atoms with Crippen LogP contribution in [0.25, 0.3) is 0 Å². The highest BCUT2D eigenvalue weighted by Gasteiger charge is 2.22. The van der Waals surface area contributed by atoms with E-state index in [0.717, 1.165) is 0 Å². The van der Waals surface area contributed by atoms with Crippen molar-refractivity contribution in [3.8, 4) is 11.5 Å². The number of carbonyl (C=O) groups is 1. The molecule has 26 heavy (non-hydrogen) atoms. The van der Waals surface area contributed by atoms with E-state index in [1.807, 2.05) is 19.9 Å². The molecule has 2 aromatic carbocycles. The molecule has 0 saturated heterocycles. The summed E-state index contributed by atoms with van der Waals surface area (Å²) in [7, 11) is 0. The maximum Gasteiger partial charge on any atom is 0.235 e. The average Bonchev–Trinajstić information content (AvgIpc) is 2.64. The first-order valence-corrected chi connectivity index (χ1v) is 8.80. The van der Waals surface area contributed by atoms with Gasteiger partial charge in [0.05, 0.1) is 5.02 Å². The largest absolute Gasteiger partial charge is 0.453 e. The average molecular weight is 380 g/mol. The zero-order valence-corrected chi connectivity index (χ0v) is 15.5. The van der Waals surface area contributed by atoms with Gasteiger partial charge in [-0.25, -0.2) is 10.2 Å². The third-order valence-electron chi connectivity index (χ3n) is 3.96. The molecule has 0 radical (unpaired) electrons. The van der Waals surface area contributed by atoms with Crippen LogP contribution in [0.1, 0.15) is 38.3 Å². The minimum absolute atomic E-state index is 0.0111. The van der Waals surface area contributed by atoms with Crippen LogP contribution in [-0.2, 0) is 4.79 Å². The van der Waals surface area contributed by atoms with Crippen molar-refractivity contribution in [1.82, 2.24) is 10.7 Å². The van der Waals surface area contributed by atoms with Gasteiger partial charge in [0.25, 0.3) is 0 Å². The molecular formula is C19H23ClFN3O2. The zero-order chi connectivity index (χ0) is 19.1. The molecule has 0 saturated carbocycles. The Hall–Kier alpha value is -2.15. The fourth-order valence-electron chi connectivity index (χ4n) is 2.68. The van der Waals surface area contributed by atoms with Crippen LogP contribution in [0.5, 0.6) is 11.5 Å². The van der Waals surface area contributed by atoms with Gasteiger partial charge in [0.1, 0.15) is 5.75 Å². The molecule has 7 heteroatoms. The molecule has 2 aromatic rings. The number of rotatable bonds is 8. The van der Waals surface area contributed by atoms with Crippen molar-refractivity contribution in [1.29, 1.82) is 0 Å². The predicted molar refractivity (Wildman–Crippen MR) is 101 cm³/mol. The molecule has 0 unspecified atom stereocenters. The Morgan fingerprint density at radius 1 is 1.27 bits per heavy atom. The Morgan fingerprint density at radius 2 is 1.96 bits per heavy atom. The summed E-state index contributed by atoms with van der Waals surface area (Å²) in [5, 5.41) is 3.44. The SMILES string of the molecule is CC[C@@H](N[C@@H](C)CC(=O)NN)c1ccc(Cl)c(Oc2ccccc2)c1F. The van der Waals surface area contributed by atoms with Crippen LogP contribution in [0.2, 0.25) is 5.02 Å². The van der Waals surface area contributed by atoms with E-state index in [1.54, 1.807) is 36.4 Å². The molecule has 2 rings (SSSR count). The Kier molecular flexibility index (Phi) is 7.38. The number of halogens is 2. The number of benzene rings is 2. The van der Waals surface area contributed by atoms with Gasteiger partial charge < -0.3 is 10.1 Å². The first-order chi connectivity index (χ1) is 12.5. The Bertz CT molecular complexity index is 743. The monoisotopic (exact) mass is 379 g/mol. The molecule has 0 aliphatic heterocycles. The lowest BCUT2D eigenvalue weighted by Gasteiger charge is -2.23. The highest BCUT2D eigenvalue weighted by Crippen LogP contribution is 2.36. The van der Waals surface area contributed by atoms with Crippen LogP contribution < -0.4 is 21.3 Å². The van der Waals surface area contributed by atoms with Gasteiger partial charge in [-0.3, -0.25) is 10.2 Å². The molecule has 5 nitrogen and oxygen atoms in total. The van der Waals surface area contributed by atoms with Crippen LogP contribution in [0.15, 0.2) is 42.5 Å². The normalized spacial score (nSPS) is 13.1. The molecule has 4 N–H and O–H groups in total. The minimum atomic E-state index is -0.517. The highest BCUT2D eigenvalue weighted by molar-refractivity contribution is 6.32. The van der Waals surface area contributed by atoms with Crippen molar-refractivity contribution in [2.24, 2.45) is 5.84 Å². The number of hydrogen-bond donors (Lipinski definition) is 3. The molecule has 1 amide bonds. The summed E-state index contributed by atoms with van der Waals surface area (Å²) >= 11 is 6.14. The maximum absolute atomic E-state index is 15.1.